The molecule has 0 spiro atoms. The number of pyridine rings is 1. The van der Waals surface area contributed by atoms with Crippen LogP contribution in [0.25, 0.3) is 10.6 Å². The Morgan fingerprint density at radius 2 is 2.00 bits per heavy atom. The van der Waals surface area contributed by atoms with Crippen LogP contribution in [0.5, 0.6) is 0 Å². The monoisotopic (exact) mass is 447 g/mol. The van der Waals surface area contributed by atoms with Crippen molar-refractivity contribution in [1.29, 1.82) is 0 Å². The molecule has 2 heterocycles. The van der Waals surface area contributed by atoms with Gasteiger partial charge in [-0.25, -0.2) is 18.1 Å². The molecule has 0 unspecified atom stereocenters. The second-order valence-corrected chi connectivity index (χ2v) is 8.96. The standard InChI is InChI=1S/C17H13ClF3N3O2S2/c1-10-14(27-16(24-10)11-3-2-6-22-8-11)9-23-28(25,26)15-7-12(17(19,20)21)4-5-13(15)18/h2-8,23H,9H2,1H3. The lowest BCUT2D eigenvalue weighted by atomic mass is 10.2. The van der Waals surface area contributed by atoms with Gasteiger partial charge in [-0.05, 0) is 37.3 Å². The van der Waals surface area contributed by atoms with Crippen molar-refractivity contribution in [1.82, 2.24) is 14.7 Å². The number of rotatable bonds is 5. The van der Waals surface area contributed by atoms with Gasteiger partial charge in [-0.15, -0.1) is 11.3 Å². The first-order valence-corrected chi connectivity index (χ1v) is 10.5. The van der Waals surface area contributed by atoms with Gasteiger partial charge in [0.2, 0.25) is 10.0 Å². The van der Waals surface area contributed by atoms with E-state index in [1.807, 2.05) is 6.07 Å². The highest BCUT2D eigenvalue weighted by atomic mass is 35.5. The predicted octanol–water partition coefficient (Wildman–Crippen LogP) is 4.66. The maximum Gasteiger partial charge on any atom is 0.416 e. The highest BCUT2D eigenvalue weighted by molar-refractivity contribution is 7.89. The molecule has 0 bridgehead atoms. The molecule has 11 heteroatoms. The van der Waals surface area contributed by atoms with Gasteiger partial charge in [0.1, 0.15) is 9.90 Å². The Morgan fingerprint density at radius 1 is 1.25 bits per heavy atom. The van der Waals surface area contributed by atoms with Gasteiger partial charge in [0.15, 0.2) is 0 Å². The van der Waals surface area contributed by atoms with Gasteiger partial charge < -0.3 is 0 Å². The minimum absolute atomic E-state index is 0.126. The van der Waals surface area contributed by atoms with Crippen molar-refractivity contribution in [2.75, 3.05) is 0 Å². The molecule has 0 aliphatic heterocycles. The molecule has 28 heavy (non-hydrogen) atoms. The largest absolute Gasteiger partial charge is 0.416 e. The Kier molecular flexibility index (Phi) is 5.76. The summed E-state index contributed by atoms with van der Waals surface area (Å²) in [7, 11) is -4.26. The Balaban J connectivity index is 1.84. The van der Waals surface area contributed by atoms with Crippen molar-refractivity contribution in [3.63, 3.8) is 0 Å². The summed E-state index contributed by atoms with van der Waals surface area (Å²) < 4.78 is 66.0. The molecule has 3 aromatic rings. The lowest BCUT2D eigenvalue weighted by Gasteiger charge is -2.11. The molecule has 0 atom stereocenters. The molecular formula is C17H13ClF3N3O2S2. The van der Waals surface area contributed by atoms with Crippen LogP contribution >= 0.6 is 22.9 Å². The van der Waals surface area contributed by atoms with Gasteiger partial charge in [0.05, 0.1) is 16.3 Å². The number of hydrogen-bond acceptors (Lipinski definition) is 5. The smallest absolute Gasteiger partial charge is 0.264 e. The number of hydrogen-bond donors (Lipinski definition) is 1. The first-order valence-electron chi connectivity index (χ1n) is 7.81. The van der Waals surface area contributed by atoms with Crippen molar-refractivity contribution >= 4 is 33.0 Å². The number of aryl methyl sites for hydroxylation is 1. The molecular weight excluding hydrogens is 435 g/mol. The molecule has 2 aromatic heterocycles. The first kappa shape index (κ1) is 20.7. The molecule has 0 aliphatic carbocycles. The number of benzene rings is 1. The summed E-state index contributed by atoms with van der Waals surface area (Å²) in [6.45, 7) is 1.59. The van der Waals surface area contributed by atoms with E-state index in [1.54, 1.807) is 25.4 Å². The third-order valence-electron chi connectivity index (χ3n) is 3.77. The number of alkyl halides is 3. The van der Waals surface area contributed by atoms with Crippen LogP contribution in [-0.4, -0.2) is 18.4 Å². The normalized spacial score (nSPS) is 12.3. The van der Waals surface area contributed by atoms with Gasteiger partial charge in [-0.2, -0.15) is 13.2 Å². The van der Waals surface area contributed by atoms with Crippen molar-refractivity contribution in [3.8, 4) is 10.6 Å². The number of sulfonamides is 1. The topological polar surface area (TPSA) is 72.0 Å². The fourth-order valence-corrected chi connectivity index (χ4v) is 4.93. The second-order valence-electron chi connectivity index (χ2n) is 5.74. The summed E-state index contributed by atoms with van der Waals surface area (Å²) >= 11 is 7.09. The number of halogens is 4. The average molecular weight is 448 g/mol. The molecule has 0 saturated heterocycles. The van der Waals surface area contributed by atoms with Crippen LogP contribution < -0.4 is 4.72 Å². The SMILES string of the molecule is Cc1nc(-c2cccnc2)sc1CNS(=O)(=O)c1cc(C(F)(F)F)ccc1Cl. The molecule has 0 fully saturated rings. The third kappa shape index (κ3) is 4.52. The molecule has 1 N–H and O–H groups in total. The molecule has 148 valence electrons. The van der Waals surface area contributed by atoms with E-state index >= 15 is 0 Å². The lowest BCUT2D eigenvalue weighted by Crippen LogP contribution is -2.24. The number of aromatic nitrogens is 2. The quantitative estimate of drug-likeness (QED) is 0.617. The Labute approximate surface area is 168 Å². The minimum Gasteiger partial charge on any atom is -0.264 e. The number of thiazole rings is 1. The predicted molar refractivity (Wildman–Crippen MR) is 101 cm³/mol. The Bertz CT molecular complexity index is 1100. The summed E-state index contributed by atoms with van der Waals surface area (Å²) in [4.78, 5) is 8.40. The molecule has 0 radical (unpaired) electrons. The summed E-state index contributed by atoms with van der Waals surface area (Å²) in [6.07, 6.45) is -1.42. The molecule has 3 rings (SSSR count). The highest BCUT2D eigenvalue weighted by Gasteiger charge is 2.32. The number of nitrogens with one attached hydrogen (secondary N) is 1. The zero-order chi connectivity index (χ0) is 20.5. The van der Waals surface area contributed by atoms with E-state index in [4.69, 9.17) is 11.6 Å². The van der Waals surface area contributed by atoms with E-state index in [-0.39, 0.29) is 11.6 Å². The first-order chi connectivity index (χ1) is 13.1. The van der Waals surface area contributed by atoms with Gasteiger partial charge >= 0.3 is 6.18 Å². The van der Waals surface area contributed by atoms with E-state index in [1.165, 1.54) is 11.3 Å². The second kappa shape index (κ2) is 7.78. The molecule has 5 nitrogen and oxygen atoms in total. The van der Waals surface area contributed by atoms with Gasteiger partial charge in [-0.3, -0.25) is 4.98 Å². The minimum atomic E-state index is -4.68. The van der Waals surface area contributed by atoms with Gasteiger partial charge in [0, 0.05) is 29.4 Å². The van der Waals surface area contributed by atoms with Gasteiger partial charge in [0.25, 0.3) is 0 Å². The van der Waals surface area contributed by atoms with Crippen LogP contribution in [0.2, 0.25) is 5.02 Å². The fraction of sp³-hybridized carbons (Fsp3) is 0.176. The number of nitrogens with zero attached hydrogens (tertiary/aromatic N) is 2. The maximum absolute atomic E-state index is 12.9. The molecule has 0 amide bonds. The highest BCUT2D eigenvalue weighted by Crippen LogP contribution is 2.33. The van der Waals surface area contributed by atoms with Crippen LogP contribution in [0.1, 0.15) is 16.1 Å². The summed E-state index contributed by atoms with van der Waals surface area (Å²) in [5, 5.41) is 0.370. The lowest BCUT2D eigenvalue weighted by molar-refractivity contribution is -0.137. The van der Waals surface area contributed by atoms with Crippen molar-refractivity contribution in [3.05, 3.63) is 63.9 Å². The zero-order valence-corrected chi connectivity index (χ0v) is 16.7. The van der Waals surface area contributed by atoms with Crippen molar-refractivity contribution < 1.29 is 21.6 Å². The van der Waals surface area contributed by atoms with Crippen LogP contribution in [-0.2, 0) is 22.7 Å². The van der Waals surface area contributed by atoms with Crippen LogP contribution in [0.3, 0.4) is 0 Å². The van der Waals surface area contributed by atoms with E-state index < -0.39 is 26.7 Å². The van der Waals surface area contributed by atoms with Crippen LogP contribution in [0.4, 0.5) is 13.2 Å². The zero-order valence-electron chi connectivity index (χ0n) is 14.3. The van der Waals surface area contributed by atoms with Crippen LogP contribution in [0.15, 0.2) is 47.6 Å². The van der Waals surface area contributed by atoms with E-state index in [0.717, 1.165) is 17.7 Å². The van der Waals surface area contributed by atoms with E-state index in [0.29, 0.717) is 21.6 Å². The average Bonchev–Trinajstić information content (AvgIpc) is 3.01. The molecule has 0 aliphatic rings. The third-order valence-corrected chi connectivity index (χ3v) is 6.86. The van der Waals surface area contributed by atoms with E-state index in [2.05, 4.69) is 14.7 Å². The fourth-order valence-electron chi connectivity index (χ4n) is 2.33. The molecule has 0 saturated carbocycles. The van der Waals surface area contributed by atoms with Gasteiger partial charge in [-0.1, -0.05) is 11.6 Å². The Morgan fingerprint density at radius 3 is 2.64 bits per heavy atom. The van der Waals surface area contributed by atoms with E-state index in [9.17, 15) is 21.6 Å². The molecule has 1 aromatic carbocycles. The van der Waals surface area contributed by atoms with Crippen molar-refractivity contribution in [2.24, 2.45) is 0 Å². The Hall–Kier alpha value is -2.01. The van der Waals surface area contributed by atoms with Crippen LogP contribution in [0, 0.1) is 6.92 Å². The summed E-state index contributed by atoms with van der Waals surface area (Å²) in [6, 6.07) is 5.74. The maximum atomic E-state index is 12.9. The summed E-state index contributed by atoms with van der Waals surface area (Å²) in [5.74, 6) is 0. The van der Waals surface area contributed by atoms with Crippen molar-refractivity contribution in [2.45, 2.75) is 24.5 Å². The summed E-state index contributed by atoms with van der Waals surface area (Å²) in [5.41, 5.74) is 0.303.